The van der Waals surface area contributed by atoms with Crippen molar-refractivity contribution in [3.8, 4) is 16.9 Å². The van der Waals surface area contributed by atoms with Crippen LogP contribution in [0.2, 0.25) is 0 Å². The van der Waals surface area contributed by atoms with Gasteiger partial charge in [-0.2, -0.15) is 5.10 Å². The minimum Gasteiger partial charge on any atom is -0.489 e. The van der Waals surface area contributed by atoms with E-state index >= 15 is 0 Å². The number of hydrogen-bond donors (Lipinski definition) is 3. The first kappa shape index (κ1) is 23.6. The Morgan fingerprint density at radius 1 is 0.947 bits per heavy atom. The number of nitrogen functional groups attached to an aromatic ring is 1. The van der Waals surface area contributed by atoms with Gasteiger partial charge in [0.25, 0.3) is 0 Å². The Balaban J connectivity index is 1.31. The minimum atomic E-state index is 0.392. The zero-order valence-electron chi connectivity index (χ0n) is 21.0. The fraction of sp³-hybridized carbons (Fsp3) is 0.133. The normalized spacial score (nSPS) is 11.3. The Morgan fingerprint density at radius 3 is 2.66 bits per heavy atom. The van der Waals surface area contributed by atoms with Crippen LogP contribution in [0.4, 0.5) is 11.5 Å². The molecule has 6 aromatic rings. The topological polar surface area (TPSA) is 103 Å². The van der Waals surface area contributed by atoms with Crippen LogP contribution in [-0.4, -0.2) is 26.9 Å². The van der Waals surface area contributed by atoms with Gasteiger partial charge in [0.2, 0.25) is 0 Å². The SMILES string of the molecule is COCn1c(CNc2ccccc2COc2ccccc2)cc2c(-c3ccc4[nH]nc(N)c4c3)ccnc21. The van der Waals surface area contributed by atoms with Crippen molar-refractivity contribution in [2.75, 3.05) is 18.2 Å². The predicted octanol–water partition coefficient (Wildman–Crippen LogP) is 5.96. The summed E-state index contributed by atoms with van der Waals surface area (Å²) in [5.74, 6) is 1.33. The molecule has 0 unspecified atom stereocenters. The zero-order chi connectivity index (χ0) is 25.9. The summed E-state index contributed by atoms with van der Waals surface area (Å²) < 4.78 is 13.7. The average Bonchev–Trinajstić information content (AvgIpc) is 3.51. The number of hydrogen-bond acceptors (Lipinski definition) is 6. The van der Waals surface area contributed by atoms with Crippen LogP contribution in [0.5, 0.6) is 5.75 Å². The van der Waals surface area contributed by atoms with Crippen molar-refractivity contribution in [3.05, 3.63) is 102 Å². The standard InChI is InChI=1S/C30H28N6O2/c1-37-19-36-22(17-33-27-10-6-5-7-21(27)18-38-23-8-3-2-4-9-23)16-25-24(13-14-32-30(25)36)20-11-12-28-26(15-20)29(31)35-34-28/h2-16,33H,17-19H2,1H3,(H3,31,34,35). The summed E-state index contributed by atoms with van der Waals surface area (Å²) in [6.07, 6.45) is 1.83. The van der Waals surface area contributed by atoms with E-state index in [0.29, 0.717) is 25.7 Å². The molecular formula is C30H28N6O2. The molecule has 0 radical (unpaired) electrons. The summed E-state index contributed by atoms with van der Waals surface area (Å²) in [6, 6.07) is 28.4. The van der Waals surface area contributed by atoms with Crippen LogP contribution in [0.25, 0.3) is 33.1 Å². The lowest BCUT2D eigenvalue weighted by Crippen LogP contribution is -2.10. The summed E-state index contributed by atoms with van der Waals surface area (Å²) in [6.45, 7) is 1.46. The molecule has 0 bridgehead atoms. The first-order chi connectivity index (χ1) is 18.7. The lowest BCUT2D eigenvalue weighted by Gasteiger charge is -2.14. The van der Waals surface area contributed by atoms with Crippen molar-refractivity contribution < 1.29 is 9.47 Å². The van der Waals surface area contributed by atoms with Crippen LogP contribution in [0.1, 0.15) is 11.3 Å². The van der Waals surface area contributed by atoms with E-state index in [9.17, 15) is 0 Å². The van der Waals surface area contributed by atoms with Gasteiger partial charge in [-0.15, -0.1) is 0 Å². The molecule has 0 saturated carbocycles. The van der Waals surface area contributed by atoms with E-state index in [1.807, 2.05) is 60.8 Å². The smallest absolute Gasteiger partial charge is 0.153 e. The van der Waals surface area contributed by atoms with Crippen molar-refractivity contribution in [2.45, 2.75) is 19.9 Å². The van der Waals surface area contributed by atoms with E-state index in [1.165, 1.54) is 0 Å². The summed E-state index contributed by atoms with van der Waals surface area (Å²) in [4.78, 5) is 4.70. The monoisotopic (exact) mass is 504 g/mol. The van der Waals surface area contributed by atoms with Gasteiger partial charge in [0.05, 0.1) is 12.1 Å². The molecule has 190 valence electrons. The van der Waals surface area contributed by atoms with Gasteiger partial charge in [-0.05, 0) is 53.6 Å². The molecule has 3 aromatic heterocycles. The highest BCUT2D eigenvalue weighted by atomic mass is 16.5. The fourth-order valence-electron chi connectivity index (χ4n) is 4.76. The minimum absolute atomic E-state index is 0.392. The largest absolute Gasteiger partial charge is 0.489 e. The average molecular weight is 505 g/mol. The van der Waals surface area contributed by atoms with Crippen molar-refractivity contribution >= 4 is 33.4 Å². The van der Waals surface area contributed by atoms with Crippen LogP contribution in [0, 0.1) is 0 Å². The number of pyridine rings is 1. The number of benzene rings is 3. The van der Waals surface area contributed by atoms with Gasteiger partial charge in [-0.25, -0.2) is 4.98 Å². The van der Waals surface area contributed by atoms with Gasteiger partial charge >= 0.3 is 0 Å². The molecule has 0 spiro atoms. The number of aromatic amines is 1. The van der Waals surface area contributed by atoms with E-state index in [0.717, 1.165) is 55.8 Å². The Bertz CT molecular complexity index is 1710. The molecule has 0 fully saturated rings. The molecule has 4 N–H and O–H groups in total. The first-order valence-electron chi connectivity index (χ1n) is 12.4. The highest BCUT2D eigenvalue weighted by Gasteiger charge is 2.15. The van der Waals surface area contributed by atoms with Crippen molar-refractivity contribution in [2.24, 2.45) is 0 Å². The number of rotatable bonds is 9. The Hall–Kier alpha value is -4.82. The lowest BCUT2D eigenvalue weighted by atomic mass is 10.0. The summed E-state index contributed by atoms with van der Waals surface area (Å²) in [7, 11) is 1.69. The quantitative estimate of drug-likeness (QED) is 0.225. The Kier molecular flexibility index (Phi) is 6.37. The summed E-state index contributed by atoms with van der Waals surface area (Å²) in [5.41, 5.74) is 13.1. The molecule has 38 heavy (non-hydrogen) atoms. The Morgan fingerprint density at radius 2 is 1.79 bits per heavy atom. The summed E-state index contributed by atoms with van der Waals surface area (Å²) in [5, 5.41) is 12.6. The Labute approximate surface area is 220 Å². The number of methoxy groups -OCH3 is 1. The maximum Gasteiger partial charge on any atom is 0.153 e. The first-order valence-corrected chi connectivity index (χ1v) is 12.4. The third-order valence-electron chi connectivity index (χ3n) is 6.66. The third kappa shape index (κ3) is 4.53. The van der Waals surface area contributed by atoms with E-state index in [2.05, 4.69) is 50.4 Å². The van der Waals surface area contributed by atoms with Crippen LogP contribution < -0.4 is 15.8 Å². The molecule has 0 aliphatic rings. The second-order valence-corrected chi connectivity index (χ2v) is 9.06. The van der Waals surface area contributed by atoms with Crippen LogP contribution in [0.3, 0.4) is 0 Å². The highest BCUT2D eigenvalue weighted by molar-refractivity contribution is 5.98. The molecule has 0 atom stereocenters. The van der Waals surface area contributed by atoms with Crippen molar-refractivity contribution in [1.82, 2.24) is 19.7 Å². The number of nitrogens with zero attached hydrogens (tertiary/aromatic N) is 3. The van der Waals surface area contributed by atoms with E-state index in [1.54, 1.807) is 7.11 Å². The zero-order valence-corrected chi connectivity index (χ0v) is 21.0. The molecule has 0 aliphatic carbocycles. The molecule has 3 heterocycles. The molecule has 8 nitrogen and oxygen atoms in total. The maximum absolute atomic E-state index is 6.07. The third-order valence-corrected chi connectivity index (χ3v) is 6.66. The van der Waals surface area contributed by atoms with Gasteiger partial charge in [0, 0.05) is 41.0 Å². The van der Waals surface area contributed by atoms with E-state index < -0.39 is 0 Å². The maximum atomic E-state index is 6.07. The molecule has 6 rings (SSSR count). The van der Waals surface area contributed by atoms with Gasteiger partial charge < -0.3 is 25.1 Å². The van der Waals surface area contributed by atoms with Gasteiger partial charge in [-0.3, -0.25) is 5.10 Å². The molecular weight excluding hydrogens is 476 g/mol. The number of nitrogens with one attached hydrogen (secondary N) is 2. The fourth-order valence-corrected chi connectivity index (χ4v) is 4.76. The second kappa shape index (κ2) is 10.3. The van der Waals surface area contributed by atoms with Crippen molar-refractivity contribution in [3.63, 3.8) is 0 Å². The predicted molar refractivity (Wildman–Crippen MR) is 151 cm³/mol. The number of H-pyrrole nitrogens is 1. The molecule has 0 saturated heterocycles. The molecule has 0 aliphatic heterocycles. The van der Waals surface area contributed by atoms with Gasteiger partial charge in [0.15, 0.2) is 5.82 Å². The number of fused-ring (bicyclic) bond motifs is 2. The number of para-hydroxylation sites is 2. The molecule has 3 aromatic carbocycles. The number of aromatic nitrogens is 4. The number of anilines is 2. The summed E-state index contributed by atoms with van der Waals surface area (Å²) >= 11 is 0. The van der Waals surface area contributed by atoms with Gasteiger partial charge in [-0.1, -0.05) is 42.5 Å². The van der Waals surface area contributed by atoms with E-state index in [-0.39, 0.29) is 0 Å². The van der Waals surface area contributed by atoms with Crippen LogP contribution in [-0.2, 0) is 24.6 Å². The van der Waals surface area contributed by atoms with E-state index in [4.69, 9.17) is 20.2 Å². The molecule has 0 amide bonds. The molecule has 8 heteroatoms. The van der Waals surface area contributed by atoms with Gasteiger partial charge in [0.1, 0.15) is 24.7 Å². The van der Waals surface area contributed by atoms with Crippen LogP contribution >= 0.6 is 0 Å². The highest BCUT2D eigenvalue weighted by Crippen LogP contribution is 2.33. The number of ether oxygens (including phenoxy) is 2. The second-order valence-electron chi connectivity index (χ2n) is 9.06. The lowest BCUT2D eigenvalue weighted by molar-refractivity contribution is 0.132. The van der Waals surface area contributed by atoms with Crippen molar-refractivity contribution in [1.29, 1.82) is 0 Å². The van der Waals surface area contributed by atoms with Crippen LogP contribution in [0.15, 0.2) is 91.1 Å². The number of nitrogens with two attached hydrogens (primary N) is 1.